The zero-order chi connectivity index (χ0) is 10.3. The topological polar surface area (TPSA) is 43.1 Å². The van der Waals surface area contributed by atoms with Crippen molar-refractivity contribution in [3.05, 3.63) is 22.7 Å². The molecule has 14 heavy (non-hydrogen) atoms. The first kappa shape index (κ1) is 9.58. The summed E-state index contributed by atoms with van der Waals surface area (Å²) in [7, 11) is 0. The van der Waals surface area contributed by atoms with Crippen LogP contribution in [0.15, 0.2) is 16.9 Å². The molecule has 2 heterocycles. The van der Waals surface area contributed by atoms with Crippen molar-refractivity contribution in [2.75, 3.05) is 0 Å². The lowest BCUT2D eigenvalue weighted by molar-refractivity contribution is 0.538. The second kappa shape index (κ2) is 3.02. The van der Waals surface area contributed by atoms with Crippen LogP contribution in [-0.4, -0.2) is 19.6 Å². The summed E-state index contributed by atoms with van der Waals surface area (Å²) < 4.78 is 2.83. The van der Waals surface area contributed by atoms with Crippen molar-refractivity contribution in [3.8, 4) is 0 Å². The van der Waals surface area contributed by atoms with Gasteiger partial charge in [-0.05, 0) is 15.9 Å². The number of hydrogen-bond acceptors (Lipinski definition) is 3. The van der Waals surface area contributed by atoms with E-state index in [0.29, 0.717) is 5.78 Å². The molecule has 2 aromatic rings. The molecule has 2 aromatic heterocycles. The molecule has 74 valence electrons. The van der Waals surface area contributed by atoms with Crippen molar-refractivity contribution in [2.45, 2.75) is 26.2 Å². The van der Waals surface area contributed by atoms with Gasteiger partial charge in [0.15, 0.2) is 0 Å². The van der Waals surface area contributed by atoms with Gasteiger partial charge in [0.2, 0.25) is 0 Å². The molecular weight excluding hydrogens is 244 g/mol. The molecule has 0 unspecified atom stereocenters. The predicted octanol–water partition coefficient (Wildman–Crippen LogP) is 2.18. The minimum Gasteiger partial charge on any atom is -0.269 e. The SMILES string of the molecule is CC(C)(C)c1nnc2ncc(Br)cn12. The van der Waals surface area contributed by atoms with Gasteiger partial charge in [-0.25, -0.2) is 4.98 Å². The molecule has 2 rings (SSSR count). The van der Waals surface area contributed by atoms with Gasteiger partial charge in [0.25, 0.3) is 5.78 Å². The van der Waals surface area contributed by atoms with E-state index in [1.807, 2.05) is 10.6 Å². The van der Waals surface area contributed by atoms with Gasteiger partial charge in [-0.15, -0.1) is 10.2 Å². The lowest BCUT2D eigenvalue weighted by Crippen LogP contribution is -2.15. The first-order valence-corrected chi connectivity index (χ1v) is 5.14. The van der Waals surface area contributed by atoms with Gasteiger partial charge in [0, 0.05) is 17.8 Å². The Balaban J connectivity index is 2.73. The summed E-state index contributed by atoms with van der Waals surface area (Å²) in [4.78, 5) is 4.16. The highest BCUT2D eigenvalue weighted by Crippen LogP contribution is 2.21. The van der Waals surface area contributed by atoms with E-state index >= 15 is 0 Å². The molecule has 0 radical (unpaired) electrons. The minimum absolute atomic E-state index is 0.0259. The Bertz CT molecular complexity index is 469. The van der Waals surface area contributed by atoms with E-state index in [0.717, 1.165) is 10.3 Å². The van der Waals surface area contributed by atoms with Gasteiger partial charge in [0.1, 0.15) is 5.82 Å². The van der Waals surface area contributed by atoms with Gasteiger partial charge in [0.05, 0.1) is 4.47 Å². The van der Waals surface area contributed by atoms with E-state index in [9.17, 15) is 0 Å². The molecule has 0 aliphatic heterocycles. The molecule has 0 aromatic carbocycles. The van der Waals surface area contributed by atoms with Crippen LogP contribution in [0, 0.1) is 0 Å². The summed E-state index contributed by atoms with van der Waals surface area (Å²) in [6, 6.07) is 0. The van der Waals surface area contributed by atoms with Gasteiger partial charge >= 0.3 is 0 Å². The fourth-order valence-electron chi connectivity index (χ4n) is 1.28. The van der Waals surface area contributed by atoms with Crippen LogP contribution in [0.2, 0.25) is 0 Å². The van der Waals surface area contributed by atoms with Crippen molar-refractivity contribution in [2.24, 2.45) is 0 Å². The smallest absolute Gasteiger partial charge is 0.255 e. The van der Waals surface area contributed by atoms with Gasteiger partial charge in [-0.2, -0.15) is 0 Å². The third kappa shape index (κ3) is 1.52. The normalized spacial score (nSPS) is 12.3. The quantitative estimate of drug-likeness (QED) is 0.724. The second-order valence-electron chi connectivity index (χ2n) is 4.22. The van der Waals surface area contributed by atoms with Gasteiger partial charge < -0.3 is 0 Å². The van der Waals surface area contributed by atoms with Crippen molar-refractivity contribution < 1.29 is 0 Å². The summed E-state index contributed by atoms with van der Waals surface area (Å²) in [5.74, 6) is 1.56. The summed E-state index contributed by atoms with van der Waals surface area (Å²) in [6.45, 7) is 6.30. The Morgan fingerprint density at radius 3 is 2.64 bits per heavy atom. The Morgan fingerprint density at radius 2 is 2.00 bits per heavy atom. The molecule has 0 aliphatic rings. The van der Waals surface area contributed by atoms with Crippen LogP contribution < -0.4 is 0 Å². The minimum atomic E-state index is -0.0259. The van der Waals surface area contributed by atoms with E-state index in [4.69, 9.17) is 0 Å². The number of hydrogen-bond donors (Lipinski definition) is 0. The molecule has 0 bridgehead atoms. The van der Waals surface area contributed by atoms with E-state index in [1.165, 1.54) is 0 Å². The lowest BCUT2D eigenvalue weighted by atomic mass is 9.96. The van der Waals surface area contributed by atoms with E-state index in [1.54, 1.807) is 6.20 Å². The Hall–Kier alpha value is -0.970. The highest BCUT2D eigenvalue weighted by atomic mass is 79.9. The fraction of sp³-hybridized carbons (Fsp3) is 0.444. The molecular formula is C9H11BrN4. The molecule has 5 heteroatoms. The number of nitrogens with zero attached hydrogens (tertiary/aromatic N) is 4. The first-order valence-electron chi connectivity index (χ1n) is 4.35. The summed E-state index contributed by atoms with van der Waals surface area (Å²) >= 11 is 3.38. The average molecular weight is 255 g/mol. The third-order valence-electron chi connectivity index (χ3n) is 1.90. The predicted molar refractivity (Wildman–Crippen MR) is 57.2 cm³/mol. The summed E-state index contributed by atoms with van der Waals surface area (Å²) in [5, 5.41) is 8.14. The van der Waals surface area contributed by atoms with E-state index in [-0.39, 0.29) is 5.41 Å². The van der Waals surface area contributed by atoms with Crippen LogP contribution in [0.5, 0.6) is 0 Å². The number of halogens is 1. The molecule has 4 nitrogen and oxygen atoms in total. The largest absolute Gasteiger partial charge is 0.269 e. The van der Waals surface area contributed by atoms with E-state index in [2.05, 4.69) is 51.9 Å². The first-order chi connectivity index (χ1) is 6.48. The standard InChI is InChI=1S/C9H11BrN4/c1-9(2,3)7-12-13-8-11-4-6(10)5-14(7)8/h4-5H,1-3H3. The van der Waals surface area contributed by atoms with Crippen LogP contribution in [0.3, 0.4) is 0 Å². The number of aromatic nitrogens is 4. The van der Waals surface area contributed by atoms with Crippen molar-refractivity contribution >= 4 is 21.7 Å². The molecule has 0 saturated carbocycles. The number of fused-ring (bicyclic) bond motifs is 1. The second-order valence-corrected chi connectivity index (χ2v) is 5.13. The Morgan fingerprint density at radius 1 is 1.29 bits per heavy atom. The maximum Gasteiger partial charge on any atom is 0.255 e. The monoisotopic (exact) mass is 254 g/mol. The summed E-state index contributed by atoms with van der Waals surface area (Å²) in [6.07, 6.45) is 3.65. The lowest BCUT2D eigenvalue weighted by Gasteiger charge is -2.15. The Labute approximate surface area is 90.5 Å². The number of rotatable bonds is 0. The van der Waals surface area contributed by atoms with Gasteiger partial charge in [-0.1, -0.05) is 20.8 Å². The highest BCUT2D eigenvalue weighted by Gasteiger charge is 2.20. The highest BCUT2D eigenvalue weighted by molar-refractivity contribution is 9.10. The zero-order valence-electron chi connectivity index (χ0n) is 8.32. The molecule has 0 N–H and O–H groups in total. The van der Waals surface area contributed by atoms with Crippen LogP contribution in [0.4, 0.5) is 0 Å². The molecule has 0 atom stereocenters. The maximum absolute atomic E-state index is 4.16. The van der Waals surface area contributed by atoms with Crippen LogP contribution >= 0.6 is 15.9 Å². The molecule has 0 spiro atoms. The maximum atomic E-state index is 4.16. The third-order valence-corrected chi connectivity index (χ3v) is 2.31. The van der Waals surface area contributed by atoms with E-state index < -0.39 is 0 Å². The van der Waals surface area contributed by atoms with Crippen LogP contribution in [-0.2, 0) is 5.41 Å². The van der Waals surface area contributed by atoms with Crippen LogP contribution in [0.1, 0.15) is 26.6 Å². The van der Waals surface area contributed by atoms with Crippen molar-refractivity contribution in [3.63, 3.8) is 0 Å². The van der Waals surface area contributed by atoms with Crippen LogP contribution in [0.25, 0.3) is 5.78 Å². The average Bonchev–Trinajstić information content (AvgIpc) is 2.45. The zero-order valence-corrected chi connectivity index (χ0v) is 9.91. The Kier molecular flexibility index (Phi) is 2.06. The molecule has 0 aliphatic carbocycles. The fourth-order valence-corrected chi connectivity index (χ4v) is 1.58. The molecule has 0 amide bonds. The molecule has 0 fully saturated rings. The van der Waals surface area contributed by atoms with Crippen molar-refractivity contribution in [1.29, 1.82) is 0 Å². The van der Waals surface area contributed by atoms with Gasteiger partial charge in [-0.3, -0.25) is 4.40 Å². The summed E-state index contributed by atoms with van der Waals surface area (Å²) in [5.41, 5.74) is -0.0259. The van der Waals surface area contributed by atoms with Crippen molar-refractivity contribution in [1.82, 2.24) is 19.6 Å². The molecule has 0 saturated heterocycles.